The van der Waals surface area contributed by atoms with Gasteiger partial charge in [-0.1, -0.05) is 139 Å². The molecule has 8 aromatic carbocycles. The van der Waals surface area contributed by atoms with Gasteiger partial charge in [-0.2, -0.15) is 0 Å². The lowest BCUT2D eigenvalue weighted by molar-refractivity contribution is 0.669. The predicted octanol–water partition coefficient (Wildman–Crippen LogP) is 12.6. The van der Waals surface area contributed by atoms with Gasteiger partial charge in [-0.25, -0.2) is 0 Å². The summed E-state index contributed by atoms with van der Waals surface area (Å²) in [6.45, 7) is 0. The zero-order valence-corrected chi connectivity index (χ0v) is 23.8. The smallest absolute Gasteiger partial charge is 0.136 e. The molecule has 1 heteroatoms. The first kappa shape index (κ1) is 17.4. The summed E-state index contributed by atoms with van der Waals surface area (Å²) < 4.78 is 89.2. The molecule has 45 heavy (non-hydrogen) atoms. The highest BCUT2D eigenvalue weighted by Gasteiger charge is 2.18. The summed E-state index contributed by atoms with van der Waals surface area (Å²) in [5.41, 5.74) is 6.21. The van der Waals surface area contributed by atoms with Gasteiger partial charge in [0, 0.05) is 10.8 Å². The third-order valence-corrected chi connectivity index (χ3v) is 8.42. The van der Waals surface area contributed by atoms with Gasteiger partial charge in [-0.3, -0.25) is 0 Å². The van der Waals surface area contributed by atoms with Crippen LogP contribution >= 0.6 is 0 Å². The molecule has 0 spiro atoms. The molecular weight excluding hydrogens is 544 g/mol. The van der Waals surface area contributed by atoms with Crippen molar-refractivity contribution in [3.8, 4) is 44.5 Å². The number of benzene rings is 8. The molecule has 1 aromatic heterocycles. The molecule has 1 nitrogen and oxygen atoms in total. The normalized spacial score (nSPS) is 14.7. The molecule has 0 bridgehead atoms. The van der Waals surface area contributed by atoms with Crippen LogP contribution in [-0.4, -0.2) is 0 Å². The van der Waals surface area contributed by atoms with E-state index in [2.05, 4.69) is 30.3 Å². The second kappa shape index (κ2) is 10.4. The van der Waals surface area contributed by atoms with Crippen LogP contribution in [0.3, 0.4) is 0 Å². The van der Waals surface area contributed by atoms with Gasteiger partial charge in [0.1, 0.15) is 11.2 Å². The van der Waals surface area contributed by atoms with Crippen molar-refractivity contribution >= 4 is 43.5 Å². The summed E-state index contributed by atoms with van der Waals surface area (Å²) in [6, 6.07) is 31.7. The molecule has 0 saturated heterocycles. The third kappa shape index (κ3) is 4.24. The van der Waals surface area contributed by atoms with E-state index >= 15 is 0 Å². The lowest BCUT2D eigenvalue weighted by Crippen LogP contribution is -1.91. The van der Waals surface area contributed by atoms with Gasteiger partial charge in [-0.05, 0) is 96.4 Å². The topological polar surface area (TPSA) is 13.1 Å². The van der Waals surface area contributed by atoms with E-state index in [1.165, 1.54) is 0 Å². The summed E-state index contributed by atoms with van der Waals surface area (Å²) in [5, 5.41) is 5.65. The summed E-state index contributed by atoms with van der Waals surface area (Å²) in [5.74, 6) is 0. The molecule has 1 heterocycles. The average molecular weight is 583 g/mol. The quantitative estimate of drug-likeness (QED) is 0.188. The van der Waals surface area contributed by atoms with Crippen LogP contribution in [0, 0.1) is 0 Å². The standard InChI is InChI=1S/C44H28O/c1-3-12-29(13-4-1)31-16-11-17-33(26-31)43-36-18-7-9-20-38(36)44(39-21-10-8-19-37(39)43)34-23-25-41-40(27-34)35-24-22-32(28-42(35)45-41)30-14-5-2-6-15-30/h1-28H/i1D,2D,3D,4D,5D,6D,12D,13D,14D,15D. The fourth-order valence-corrected chi connectivity index (χ4v) is 6.46. The molecular formula is C44H28O. The highest BCUT2D eigenvalue weighted by atomic mass is 16.3. The van der Waals surface area contributed by atoms with E-state index < -0.39 is 24.2 Å². The van der Waals surface area contributed by atoms with Crippen LogP contribution in [0.5, 0.6) is 0 Å². The van der Waals surface area contributed by atoms with Crippen molar-refractivity contribution in [2.45, 2.75) is 0 Å². The summed E-state index contributed by atoms with van der Waals surface area (Å²) in [4.78, 5) is 0. The SMILES string of the molecule is [2H]c1c([2H])c([2H])c(-c2cccc(-c3c4ccccc4c(-c4ccc5oc6cc(-c7c([2H])c([2H])c([2H])c([2H])c7[2H])ccc6c5c4)c4ccccc34)c2)c([2H])c1[2H]. The van der Waals surface area contributed by atoms with Gasteiger partial charge in [0.05, 0.1) is 13.7 Å². The number of hydrogen-bond donors (Lipinski definition) is 0. The van der Waals surface area contributed by atoms with Gasteiger partial charge in [0.25, 0.3) is 0 Å². The average Bonchev–Trinajstić information content (AvgIpc) is 3.57. The molecule has 0 saturated carbocycles. The molecule has 0 amide bonds. The maximum absolute atomic E-state index is 8.60. The zero-order valence-electron chi connectivity index (χ0n) is 33.8. The third-order valence-electron chi connectivity index (χ3n) is 8.42. The molecule has 0 unspecified atom stereocenters. The molecule has 0 radical (unpaired) electrons. The van der Waals surface area contributed by atoms with E-state index in [0.29, 0.717) is 22.3 Å². The molecule has 0 fully saturated rings. The van der Waals surface area contributed by atoms with Gasteiger partial charge < -0.3 is 4.42 Å². The first-order valence-corrected chi connectivity index (χ1v) is 14.6. The number of fused-ring (bicyclic) bond motifs is 5. The number of hydrogen-bond acceptors (Lipinski definition) is 1. The van der Waals surface area contributed by atoms with Gasteiger partial charge >= 0.3 is 0 Å². The van der Waals surface area contributed by atoms with Crippen LogP contribution in [0.2, 0.25) is 0 Å². The van der Waals surface area contributed by atoms with E-state index in [0.717, 1.165) is 54.6 Å². The fourth-order valence-electron chi connectivity index (χ4n) is 6.46. The molecule has 0 aliphatic heterocycles. The van der Waals surface area contributed by atoms with Gasteiger partial charge in [0.15, 0.2) is 0 Å². The monoisotopic (exact) mass is 582 g/mol. The Bertz CT molecular complexity index is 3000. The van der Waals surface area contributed by atoms with Crippen LogP contribution in [-0.2, 0) is 0 Å². The minimum absolute atomic E-state index is 0.117. The zero-order chi connectivity index (χ0) is 38.4. The number of rotatable bonds is 4. The van der Waals surface area contributed by atoms with Crippen molar-refractivity contribution in [2.24, 2.45) is 0 Å². The minimum atomic E-state index is -0.439. The summed E-state index contributed by atoms with van der Waals surface area (Å²) in [6.07, 6.45) is 0. The molecule has 9 rings (SSSR count). The van der Waals surface area contributed by atoms with Crippen LogP contribution in [0.1, 0.15) is 13.7 Å². The van der Waals surface area contributed by atoms with E-state index in [4.69, 9.17) is 18.1 Å². The Morgan fingerprint density at radius 2 is 0.844 bits per heavy atom. The van der Waals surface area contributed by atoms with Crippen molar-refractivity contribution in [2.75, 3.05) is 0 Å². The van der Waals surface area contributed by atoms with E-state index in [1.54, 1.807) is 18.2 Å². The maximum Gasteiger partial charge on any atom is 0.136 e. The van der Waals surface area contributed by atoms with Crippen molar-refractivity contribution < 1.29 is 18.1 Å². The molecule has 0 atom stereocenters. The first-order valence-electron chi connectivity index (χ1n) is 19.6. The largest absolute Gasteiger partial charge is 0.456 e. The molecule has 0 aliphatic rings. The van der Waals surface area contributed by atoms with Crippen molar-refractivity contribution in [1.29, 1.82) is 0 Å². The highest BCUT2D eigenvalue weighted by Crippen LogP contribution is 2.45. The molecule has 0 N–H and O–H groups in total. The lowest BCUT2D eigenvalue weighted by Gasteiger charge is -2.18. The van der Waals surface area contributed by atoms with Gasteiger partial charge in [0.2, 0.25) is 0 Å². The Hall–Kier alpha value is -5.92. The first-order chi connectivity index (χ1) is 26.5. The second-order valence-electron chi connectivity index (χ2n) is 10.9. The Morgan fingerprint density at radius 3 is 1.44 bits per heavy atom. The Balaban J connectivity index is 1.24. The van der Waals surface area contributed by atoms with Crippen LogP contribution in [0.15, 0.2) is 174 Å². The number of furan rings is 1. The van der Waals surface area contributed by atoms with Crippen molar-refractivity contribution in [1.82, 2.24) is 0 Å². The maximum atomic E-state index is 8.60. The minimum Gasteiger partial charge on any atom is -0.456 e. The van der Waals surface area contributed by atoms with Crippen molar-refractivity contribution in [3.05, 3.63) is 170 Å². The predicted molar refractivity (Wildman–Crippen MR) is 190 cm³/mol. The molecule has 0 aliphatic carbocycles. The van der Waals surface area contributed by atoms with E-state index in [9.17, 15) is 0 Å². The van der Waals surface area contributed by atoms with E-state index in [-0.39, 0.29) is 47.4 Å². The van der Waals surface area contributed by atoms with Crippen LogP contribution in [0.25, 0.3) is 88.0 Å². The molecule has 9 aromatic rings. The van der Waals surface area contributed by atoms with Crippen molar-refractivity contribution in [3.63, 3.8) is 0 Å². The molecule has 210 valence electrons. The summed E-state index contributed by atoms with van der Waals surface area (Å²) in [7, 11) is 0. The Kier molecular flexibility index (Phi) is 4.01. The summed E-state index contributed by atoms with van der Waals surface area (Å²) >= 11 is 0. The Labute approximate surface area is 275 Å². The highest BCUT2D eigenvalue weighted by molar-refractivity contribution is 6.22. The van der Waals surface area contributed by atoms with Crippen LogP contribution in [0.4, 0.5) is 0 Å². The second-order valence-corrected chi connectivity index (χ2v) is 10.9. The lowest BCUT2D eigenvalue weighted by atomic mass is 9.85. The Morgan fingerprint density at radius 1 is 0.333 bits per heavy atom. The van der Waals surface area contributed by atoms with E-state index in [1.807, 2.05) is 60.7 Å². The fraction of sp³-hybridized carbons (Fsp3) is 0. The van der Waals surface area contributed by atoms with Crippen LogP contribution < -0.4 is 0 Å². The van der Waals surface area contributed by atoms with Gasteiger partial charge in [-0.15, -0.1) is 0 Å².